The van der Waals surface area contributed by atoms with Crippen molar-refractivity contribution in [3.63, 3.8) is 0 Å². The predicted octanol–water partition coefficient (Wildman–Crippen LogP) is 6.07. The van der Waals surface area contributed by atoms with E-state index in [1.54, 1.807) is 13.2 Å². The van der Waals surface area contributed by atoms with Crippen LogP contribution in [-0.2, 0) is 4.79 Å². The molecule has 0 N–H and O–H groups in total. The van der Waals surface area contributed by atoms with E-state index in [9.17, 15) is 9.18 Å². The van der Waals surface area contributed by atoms with Gasteiger partial charge in [0, 0.05) is 0 Å². The number of methoxy groups -OCH3 is 1. The van der Waals surface area contributed by atoms with Gasteiger partial charge in [0.2, 0.25) is 0 Å². The fourth-order valence-corrected chi connectivity index (χ4v) is 4.16. The van der Waals surface area contributed by atoms with Crippen molar-refractivity contribution in [3.8, 4) is 11.5 Å². The minimum absolute atomic E-state index is 0.0658. The molecule has 8 heteroatoms. The molecule has 0 spiro atoms. The topological polar surface area (TPSA) is 38.8 Å². The molecule has 2 aromatic carbocycles. The Morgan fingerprint density at radius 2 is 2.03 bits per heavy atom. The molecule has 1 aliphatic heterocycles. The molecular formula is C21H19ClFNO3S2. The smallest absolute Gasteiger partial charge is 0.270 e. The van der Waals surface area contributed by atoms with Crippen molar-refractivity contribution < 1.29 is 18.7 Å². The van der Waals surface area contributed by atoms with E-state index >= 15 is 0 Å². The van der Waals surface area contributed by atoms with E-state index in [0.29, 0.717) is 33.0 Å². The lowest BCUT2D eigenvalue weighted by Gasteiger charge is -2.14. The maximum Gasteiger partial charge on any atom is 0.270 e. The molecule has 152 valence electrons. The van der Waals surface area contributed by atoms with Crippen LogP contribution in [0.2, 0.25) is 5.02 Å². The van der Waals surface area contributed by atoms with Crippen LogP contribution in [0.1, 0.15) is 25.3 Å². The largest absolute Gasteiger partial charge is 0.493 e. The standard InChI is InChI=1S/C21H19ClFNO3S2/c1-3-4-9-27-17-8-5-13(10-18(17)26-2)11-19-20(25)24(21(28)29-19)14-6-7-16(23)15(22)12-14/h5-8,10-12H,3-4,9H2,1-2H3. The van der Waals surface area contributed by atoms with Crippen molar-refractivity contribution in [2.24, 2.45) is 0 Å². The Kier molecular flexibility index (Phi) is 7.16. The summed E-state index contributed by atoms with van der Waals surface area (Å²) in [6.45, 7) is 2.71. The highest BCUT2D eigenvalue weighted by Crippen LogP contribution is 2.38. The minimum atomic E-state index is -0.551. The third kappa shape index (κ3) is 4.91. The first-order valence-electron chi connectivity index (χ1n) is 8.98. The monoisotopic (exact) mass is 451 g/mol. The molecule has 0 bridgehead atoms. The van der Waals surface area contributed by atoms with Crippen LogP contribution in [-0.4, -0.2) is 23.9 Å². The van der Waals surface area contributed by atoms with E-state index < -0.39 is 5.82 Å². The summed E-state index contributed by atoms with van der Waals surface area (Å²) in [7, 11) is 1.57. The summed E-state index contributed by atoms with van der Waals surface area (Å²) in [5, 5.41) is -0.0658. The normalized spacial score (nSPS) is 15.3. The van der Waals surface area contributed by atoms with Gasteiger partial charge in [-0.2, -0.15) is 0 Å². The summed E-state index contributed by atoms with van der Waals surface area (Å²) in [4.78, 5) is 14.7. The molecule has 0 aliphatic carbocycles. The summed E-state index contributed by atoms with van der Waals surface area (Å²) in [5.41, 5.74) is 1.21. The highest BCUT2D eigenvalue weighted by atomic mass is 35.5. The first-order chi connectivity index (χ1) is 13.9. The molecule has 0 aromatic heterocycles. The number of thiocarbonyl (C=S) groups is 1. The van der Waals surface area contributed by atoms with E-state index in [-0.39, 0.29) is 10.9 Å². The Morgan fingerprint density at radius 3 is 2.72 bits per heavy atom. The van der Waals surface area contributed by atoms with Gasteiger partial charge in [0.25, 0.3) is 5.91 Å². The fraction of sp³-hybridized carbons (Fsp3) is 0.238. The van der Waals surface area contributed by atoms with Crippen molar-refractivity contribution in [1.82, 2.24) is 0 Å². The molecule has 1 aliphatic rings. The van der Waals surface area contributed by atoms with Crippen LogP contribution in [0, 0.1) is 5.82 Å². The first kappa shape index (κ1) is 21.6. The highest BCUT2D eigenvalue weighted by Gasteiger charge is 2.33. The third-order valence-electron chi connectivity index (χ3n) is 4.20. The minimum Gasteiger partial charge on any atom is -0.493 e. The van der Waals surface area contributed by atoms with Crippen molar-refractivity contribution >= 4 is 57.6 Å². The summed E-state index contributed by atoms with van der Waals surface area (Å²) in [6, 6.07) is 9.55. The molecule has 0 radical (unpaired) electrons. The molecule has 0 saturated carbocycles. The number of thioether (sulfide) groups is 1. The molecule has 1 heterocycles. The van der Waals surface area contributed by atoms with Crippen LogP contribution in [0.25, 0.3) is 6.08 Å². The molecule has 1 fully saturated rings. The van der Waals surface area contributed by atoms with Gasteiger partial charge in [-0.1, -0.05) is 55.0 Å². The number of halogens is 2. The second kappa shape index (κ2) is 9.61. The number of carbonyl (C=O) groups is 1. The van der Waals surface area contributed by atoms with Crippen LogP contribution >= 0.6 is 35.6 Å². The number of rotatable bonds is 7. The highest BCUT2D eigenvalue weighted by molar-refractivity contribution is 8.27. The average Bonchev–Trinajstić information content (AvgIpc) is 2.98. The maximum absolute atomic E-state index is 13.4. The van der Waals surface area contributed by atoms with Gasteiger partial charge >= 0.3 is 0 Å². The number of hydrogen-bond donors (Lipinski definition) is 0. The molecule has 4 nitrogen and oxygen atoms in total. The van der Waals surface area contributed by atoms with E-state index in [2.05, 4.69) is 6.92 Å². The lowest BCUT2D eigenvalue weighted by Crippen LogP contribution is -2.27. The zero-order chi connectivity index (χ0) is 21.0. The maximum atomic E-state index is 13.4. The van der Waals surface area contributed by atoms with Gasteiger partial charge in [-0.3, -0.25) is 9.69 Å². The fourth-order valence-electron chi connectivity index (χ4n) is 2.69. The van der Waals surface area contributed by atoms with Crippen molar-refractivity contribution in [2.75, 3.05) is 18.6 Å². The van der Waals surface area contributed by atoms with E-state index in [1.807, 2.05) is 18.2 Å². The molecule has 3 rings (SSSR count). The summed E-state index contributed by atoms with van der Waals surface area (Å²) >= 11 is 12.4. The number of carbonyl (C=O) groups excluding carboxylic acids is 1. The lowest BCUT2D eigenvalue weighted by atomic mass is 10.1. The van der Waals surface area contributed by atoms with Gasteiger partial charge in [0.05, 0.1) is 29.3 Å². The van der Waals surface area contributed by atoms with Crippen LogP contribution in [0.15, 0.2) is 41.3 Å². The summed E-state index contributed by atoms with van der Waals surface area (Å²) in [5.74, 6) is 0.414. The Labute approximate surface area is 183 Å². The number of hydrogen-bond acceptors (Lipinski definition) is 5. The predicted molar refractivity (Wildman–Crippen MR) is 120 cm³/mol. The zero-order valence-electron chi connectivity index (χ0n) is 15.9. The molecule has 1 saturated heterocycles. The second-order valence-corrected chi connectivity index (χ2v) is 8.31. The van der Waals surface area contributed by atoms with Gasteiger partial charge in [0.15, 0.2) is 15.8 Å². The van der Waals surface area contributed by atoms with Crippen LogP contribution in [0.4, 0.5) is 10.1 Å². The van der Waals surface area contributed by atoms with E-state index in [1.165, 1.54) is 34.9 Å². The number of amides is 1. The molecule has 0 atom stereocenters. The van der Waals surface area contributed by atoms with Crippen molar-refractivity contribution in [1.29, 1.82) is 0 Å². The van der Waals surface area contributed by atoms with Gasteiger partial charge in [-0.15, -0.1) is 0 Å². The van der Waals surface area contributed by atoms with Crippen molar-refractivity contribution in [2.45, 2.75) is 19.8 Å². The van der Waals surface area contributed by atoms with Gasteiger partial charge in [-0.25, -0.2) is 4.39 Å². The quantitative estimate of drug-likeness (QED) is 0.290. The third-order valence-corrected chi connectivity index (χ3v) is 5.79. The molecule has 29 heavy (non-hydrogen) atoms. The average molecular weight is 452 g/mol. The van der Waals surface area contributed by atoms with Gasteiger partial charge in [-0.05, 0) is 48.4 Å². The number of ether oxygens (including phenoxy) is 2. The van der Waals surface area contributed by atoms with Crippen LogP contribution in [0.5, 0.6) is 11.5 Å². The van der Waals surface area contributed by atoms with E-state index in [4.69, 9.17) is 33.3 Å². The number of anilines is 1. The lowest BCUT2D eigenvalue weighted by molar-refractivity contribution is -0.113. The summed E-state index contributed by atoms with van der Waals surface area (Å²) < 4.78 is 24.9. The Bertz CT molecular complexity index is 980. The Balaban J connectivity index is 1.84. The zero-order valence-corrected chi connectivity index (χ0v) is 18.3. The molecule has 1 amide bonds. The molecular weight excluding hydrogens is 433 g/mol. The summed E-state index contributed by atoms with van der Waals surface area (Å²) in [6.07, 6.45) is 3.74. The van der Waals surface area contributed by atoms with Crippen molar-refractivity contribution in [3.05, 3.63) is 57.7 Å². The van der Waals surface area contributed by atoms with Gasteiger partial charge < -0.3 is 9.47 Å². The second-order valence-electron chi connectivity index (χ2n) is 6.23. The number of unbranched alkanes of at least 4 members (excludes halogenated alkanes) is 1. The SMILES string of the molecule is CCCCOc1ccc(C=C2SC(=S)N(c3ccc(F)c(Cl)c3)C2=O)cc1OC. The number of nitrogens with zero attached hydrogens (tertiary/aromatic N) is 1. The van der Waals surface area contributed by atoms with E-state index in [0.717, 1.165) is 18.4 Å². The Hall–Kier alpha value is -2.09. The van der Waals surface area contributed by atoms with Gasteiger partial charge in [0.1, 0.15) is 5.82 Å². The number of benzene rings is 2. The van der Waals surface area contributed by atoms with Crippen LogP contribution in [0.3, 0.4) is 0 Å². The molecule has 0 unspecified atom stereocenters. The Morgan fingerprint density at radius 1 is 1.24 bits per heavy atom. The molecule has 2 aromatic rings. The van der Waals surface area contributed by atoms with Crippen LogP contribution < -0.4 is 14.4 Å². The first-order valence-corrected chi connectivity index (χ1v) is 10.6.